The van der Waals surface area contributed by atoms with Crippen LogP contribution < -0.4 is 5.43 Å². The lowest BCUT2D eigenvalue weighted by atomic mass is 10.2. The van der Waals surface area contributed by atoms with E-state index >= 15 is 0 Å². The minimum Gasteiger partial charge on any atom is -0.382 e. The first-order valence-corrected chi connectivity index (χ1v) is 5.29. The van der Waals surface area contributed by atoms with Gasteiger partial charge in [0.2, 0.25) is 5.78 Å². The second-order valence-electron chi connectivity index (χ2n) is 4.00. The van der Waals surface area contributed by atoms with Crippen molar-refractivity contribution in [2.75, 3.05) is 14.1 Å². The molecule has 0 aliphatic heterocycles. The van der Waals surface area contributed by atoms with Crippen LogP contribution in [0, 0.1) is 11.3 Å². The van der Waals surface area contributed by atoms with E-state index in [9.17, 15) is 22.8 Å². The van der Waals surface area contributed by atoms with Crippen molar-refractivity contribution in [1.29, 1.82) is 5.26 Å². The number of nitrogens with zero attached hydrogens (tertiary/aromatic N) is 3. The molecule has 0 saturated carbocycles. The summed E-state index contributed by atoms with van der Waals surface area (Å²) in [5.74, 6) is -2.84. The molecule has 0 aromatic carbocycles. The van der Waals surface area contributed by atoms with Crippen molar-refractivity contribution >= 4 is 17.4 Å². The number of carbonyl (C=O) groups excluding carboxylic acids is 2. The lowest BCUT2D eigenvalue weighted by Gasteiger charge is -2.06. The first-order valence-electron chi connectivity index (χ1n) is 5.29. The number of nitrogens with one attached hydrogen (secondary N) is 1. The Balaban J connectivity index is 4.68. The number of Topliss-reactive ketones (excluding diaryl/α,β-unsaturated/α-hetero) is 1. The lowest BCUT2D eigenvalue weighted by Crippen LogP contribution is -2.26. The zero-order valence-electron chi connectivity index (χ0n) is 11.1. The van der Waals surface area contributed by atoms with E-state index in [-0.39, 0.29) is 11.3 Å². The monoisotopic (exact) mass is 290 g/mol. The van der Waals surface area contributed by atoms with Gasteiger partial charge in [0, 0.05) is 26.0 Å². The van der Waals surface area contributed by atoms with Gasteiger partial charge in [-0.1, -0.05) is 0 Å². The molecule has 0 aliphatic carbocycles. The van der Waals surface area contributed by atoms with Gasteiger partial charge >= 0.3 is 6.18 Å². The van der Waals surface area contributed by atoms with E-state index in [0.29, 0.717) is 0 Å². The number of halogens is 3. The summed E-state index contributed by atoms with van der Waals surface area (Å²) in [7, 11) is 3.17. The zero-order valence-corrected chi connectivity index (χ0v) is 11.1. The van der Waals surface area contributed by atoms with E-state index in [2.05, 4.69) is 5.10 Å². The van der Waals surface area contributed by atoms with Crippen LogP contribution in [0.25, 0.3) is 0 Å². The third kappa shape index (κ3) is 6.53. The molecule has 6 nitrogen and oxygen atoms in total. The number of hydrogen-bond donors (Lipinski definition) is 1. The molecular weight excluding hydrogens is 277 g/mol. The summed E-state index contributed by atoms with van der Waals surface area (Å²) in [4.78, 5) is 23.6. The third-order valence-corrected chi connectivity index (χ3v) is 1.83. The highest BCUT2D eigenvalue weighted by Crippen LogP contribution is 2.17. The molecular formula is C11H13F3N4O2. The molecule has 1 amide bonds. The summed E-state index contributed by atoms with van der Waals surface area (Å²) < 4.78 is 36.0. The van der Waals surface area contributed by atoms with Crippen molar-refractivity contribution < 1.29 is 22.8 Å². The average Bonchev–Trinajstić information content (AvgIpc) is 2.31. The van der Waals surface area contributed by atoms with Gasteiger partial charge in [0.15, 0.2) is 0 Å². The van der Waals surface area contributed by atoms with Gasteiger partial charge in [0.25, 0.3) is 5.91 Å². The molecule has 20 heavy (non-hydrogen) atoms. The van der Waals surface area contributed by atoms with E-state index in [1.54, 1.807) is 20.2 Å². The third-order valence-electron chi connectivity index (χ3n) is 1.83. The fourth-order valence-corrected chi connectivity index (χ4v) is 0.975. The van der Waals surface area contributed by atoms with Gasteiger partial charge in [-0.25, -0.2) is 5.43 Å². The Hall–Kier alpha value is -2.37. The maximum absolute atomic E-state index is 12.0. The van der Waals surface area contributed by atoms with Gasteiger partial charge in [-0.2, -0.15) is 23.5 Å². The average molecular weight is 290 g/mol. The molecule has 0 bridgehead atoms. The maximum Gasteiger partial charge on any atom is 0.450 e. The number of amides is 1. The molecule has 0 aromatic rings. The molecule has 0 spiro atoms. The molecule has 0 saturated heterocycles. The van der Waals surface area contributed by atoms with E-state index in [1.807, 2.05) is 5.43 Å². The zero-order chi connectivity index (χ0) is 15.9. The van der Waals surface area contributed by atoms with E-state index < -0.39 is 24.3 Å². The summed E-state index contributed by atoms with van der Waals surface area (Å²) in [6, 6.07) is 1.61. The highest BCUT2D eigenvalue weighted by molar-refractivity contribution is 6.04. The summed E-state index contributed by atoms with van der Waals surface area (Å²) in [5.41, 5.74) is 1.42. The number of alkyl halides is 3. The molecule has 0 aliphatic rings. The van der Waals surface area contributed by atoms with Crippen LogP contribution in [-0.2, 0) is 9.59 Å². The number of hydrazone groups is 1. The molecule has 0 rings (SSSR count). The summed E-state index contributed by atoms with van der Waals surface area (Å²) in [5, 5.41) is 12.0. The van der Waals surface area contributed by atoms with Crippen molar-refractivity contribution in [3.63, 3.8) is 0 Å². The Morgan fingerprint density at radius 2 is 1.95 bits per heavy atom. The van der Waals surface area contributed by atoms with Crippen LogP contribution in [0.4, 0.5) is 13.2 Å². The van der Waals surface area contributed by atoms with Crippen LogP contribution in [0.3, 0.4) is 0 Å². The largest absolute Gasteiger partial charge is 0.450 e. The van der Waals surface area contributed by atoms with Crippen LogP contribution >= 0.6 is 0 Å². The molecule has 0 fully saturated rings. The normalized spacial score (nSPS) is 12.7. The second kappa shape index (κ2) is 7.28. The summed E-state index contributed by atoms with van der Waals surface area (Å²) in [6.07, 6.45) is -4.67. The van der Waals surface area contributed by atoms with Gasteiger partial charge in [0.05, 0.1) is 6.42 Å². The smallest absolute Gasteiger partial charge is 0.382 e. The highest BCUT2D eigenvalue weighted by Gasteiger charge is 2.38. The summed E-state index contributed by atoms with van der Waals surface area (Å²) in [6.45, 7) is 1.16. The first-order chi connectivity index (χ1) is 9.07. The minimum absolute atomic E-state index is 0.220. The standard InChI is InChI=1S/C11H13F3N4O2/c1-7(4-9(19)11(12,13)14)16-17-10(20)8(5-15)6-18(2)3/h6H,4H2,1-3H3,(H,17,20)/b8-6+,16-7-. The molecule has 110 valence electrons. The van der Waals surface area contributed by atoms with Crippen molar-refractivity contribution in [2.24, 2.45) is 5.10 Å². The highest BCUT2D eigenvalue weighted by atomic mass is 19.4. The number of ketones is 1. The fraction of sp³-hybridized carbons (Fsp3) is 0.455. The van der Waals surface area contributed by atoms with Gasteiger partial charge < -0.3 is 4.90 Å². The van der Waals surface area contributed by atoms with Crippen LogP contribution in [0.5, 0.6) is 0 Å². The Labute approximate surface area is 113 Å². The Kier molecular flexibility index (Phi) is 6.41. The molecule has 0 atom stereocenters. The van der Waals surface area contributed by atoms with Crippen molar-refractivity contribution in [3.8, 4) is 6.07 Å². The van der Waals surface area contributed by atoms with E-state index in [0.717, 1.165) is 6.92 Å². The first kappa shape index (κ1) is 17.6. The van der Waals surface area contributed by atoms with Gasteiger partial charge in [-0.3, -0.25) is 9.59 Å². The van der Waals surface area contributed by atoms with E-state index in [1.165, 1.54) is 11.1 Å². The molecule has 1 N–H and O–H groups in total. The number of rotatable bonds is 5. The van der Waals surface area contributed by atoms with Crippen LogP contribution in [0.2, 0.25) is 0 Å². The quantitative estimate of drug-likeness (QED) is 0.354. The van der Waals surface area contributed by atoms with Crippen LogP contribution in [-0.4, -0.2) is 42.6 Å². The van der Waals surface area contributed by atoms with Gasteiger partial charge in [0.1, 0.15) is 11.6 Å². The van der Waals surface area contributed by atoms with Crippen LogP contribution in [0.1, 0.15) is 13.3 Å². The van der Waals surface area contributed by atoms with Gasteiger partial charge in [-0.05, 0) is 6.92 Å². The maximum atomic E-state index is 12.0. The van der Waals surface area contributed by atoms with Crippen LogP contribution in [0.15, 0.2) is 16.9 Å². The molecule has 0 radical (unpaired) electrons. The number of nitriles is 1. The predicted molar refractivity (Wildman–Crippen MR) is 64.3 cm³/mol. The van der Waals surface area contributed by atoms with Gasteiger partial charge in [-0.15, -0.1) is 0 Å². The fourth-order valence-electron chi connectivity index (χ4n) is 0.975. The van der Waals surface area contributed by atoms with Crippen molar-refractivity contribution in [3.05, 3.63) is 11.8 Å². The Morgan fingerprint density at radius 3 is 2.35 bits per heavy atom. The lowest BCUT2D eigenvalue weighted by molar-refractivity contribution is -0.169. The SMILES string of the molecule is C/C(CC(=O)C(F)(F)F)=N/NC(=O)/C(C#N)=C/N(C)C. The minimum atomic E-state index is -4.94. The second-order valence-corrected chi connectivity index (χ2v) is 4.00. The van der Waals surface area contributed by atoms with Crippen molar-refractivity contribution in [2.45, 2.75) is 19.5 Å². The molecule has 9 heteroatoms. The Morgan fingerprint density at radius 1 is 1.40 bits per heavy atom. The topological polar surface area (TPSA) is 85.6 Å². The predicted octanol–water partition coefficient (Wildman–Crippen LogP) is 0.969. The number of hydrogen-bond acceptors (Lipinski definition) is 5. The van der Waals surface area contributed by atoms with E-state index in [4.69, 9.17) is 5.26 Å². The molecule has 0 unspecified atom stereocenters. The van der Waals surface area contributed by atoms with Crippen molar-refractivity contribution in [1.82, 2.24) is 10.3 Å². The molecule has 0 aromatic heterocycles. The molecule has 0 heterocycles. The number of carbonyl (C=O) groups is 2. The summed E-state index contributed by atoms with van der Waals surface area (Å²) >= 11 is 0. The Bertz CT molecular complexity index is 487.